The first kappa shape index (κ1) is 12.9. The first-order valence-corrected chi connectivity index (χ1v) is 6.72. The molecule has 2 rings (SSSR count). The summed E-state index contributed by atoms with van der Waals surface area (Å²) in [7, 11) is 0. The Kier molecular flexibility index (Phi) is 3.90. The molecule has 0 saturated heterocycles. The summed E-state index contributed by atoms with van der Waals surface area (Å²) in [6.45, 7) is 5.83. The molecule has 0 bridgehead atoms. The number of carbonyl (C=O) groups is 1. The van der Waals surface area contributed by atoms with Crippen LogP contribution in [-0.4, -0.2) is 17.4 Å². The fourth-order valence-corrected chi connectivity index (χ4v) is 2.42. The van der Waals surface area contributed by atoms with E-state index in [9.17, 15) is 4.79 Å². The van der Waals surface area contributed by atoms with Crippen molar-refractivity contribution >= 4 is 11.6 Å². The number of nitrogens with zero attached hydrogens (tertiary/aromatic N) is 1. The molecule has 1 heterocycles. The largest absolute Gasteiger partial charge is 0.398 e. The lowest BCUT2D eigenvalue weighted by Gasteiger charge is -2.30. The van der Waals surface area contributed by atoms with Crippen LogP contribution < -0.4 is 5.73 Å². The van der Waals surface area contributed by atoms with Crippen molar-refractivity contribution in [3.63, 3.8) is 0 Å². The molecule has 0 spiro atoms. The maximum Gasteiger partial charge on any atom is 0.222 e. The van der Waals surface area contributed by atoms with Crippen molar-refractivity contribution in [2.45, 2.75) is 39.7 Å². The van der Waals surface area contributed by atoms with E-state index in [1.165, 1.54) is 11.1 Å². The number of nitrogen functional groups attached to an aromatic ring is 1. The molecule has 0 unspecified atom stereocenters. The lowest BCUT2D eigenvalue weighted by molar-refractivity contribution is -0.132. The zero-order valence-electron chi connectivity index (χ0n) is 11.3. The van der Waals surface area contributed by atoms with Gasteiger partial charge in [-0.25, -0.2) is 0 Å². The van der Waals surface area contributed by atoms with Crippen molar-refractivity contribution in [3.8, 4) is 0 Å². The van der Waals surface area contributed by atoms with Crippen molar-refractivity contribution < 1.29 is 4.79 Å². The van der Waals surface area contributed by atoms with Crippen LogP contribution in [0.5, 0.6) is 0 Å². The van der Waals surface area contributed by atoms with Gasteiger partial charge in [0.25, 0.3) is 0 Å². The Bertz CT molecular complexity index is 440. The van der Waals surface area contributed by atoms with Crippen LogP contribution in [0.2, 0.25) is 0 Å². The van der Waals surface area contributed by atoms with E-state index in [2.05, 4.69) is 19.9 Å². The number of carbonyl (C=O) groups excluding carboxylic acids is 1. The van der Waals surface area contributed by atoms with Gasteiger partial charge in [-0.1, -0.05) is 26.0 Å². The van der Waals surface area contributed by atoms with Gasteiger partial charge in [-0.2, -0.15) is 0 Å². The van der Waals surface area contributed by atoms with Gasteiger partial charge in [0.1, 0.15) is 0 Å². The fraction of sp³-hybridized carbons (Fsp3) is 0.533. The number of amides is 1. The topological polar surface area (TPSA) is 46.3 Å². The zero-order chi connectivity index (χ0) is 13.1. The van der Waals surface area contributed by atoms with Crippen LogP contribution in [0.3, 0.4) is 0 Å². The number of rotatable bonds is 3. The molecular weight excluding hydrogens is 224 g/mol. The molecule has 1 aliphatic heterocycles. The van der Waals surface area contributed by atoms with E-state index in [0.717, 1.165) is 31.6 Å². The molecule has 1 amide bonds. The summed E-state index contributed by atoms with van der Waals surface area (Å²) >= 11 is 0. The third-order valence-corrected chi connectivity index (χ3v) is 3.59. The molecule has 0 radical (unpaired) electrons. The molecule has 1 aromatic carbocycles. The smallest absolute Gasteiger partial charge is 0.222 e. The van der Waals surface area contributed by atoms with Crippen LogP contribution in [0.25, 0.3) is 0 Å². The Morgan fingerprint density at radius 3 is 2.94 bits per heavy atom. The normalized spacial score (nSPS) is 14.7. The Morgan fingerprint density at radius 2 is 2.22 bits per heavy atom. The average molecular weight is 246 g/mol. The highest BCUT2D eigenvalue weighted by Crippen LogP contribution is 2.24. The predicted molar refractivity (Wildman–Crippen MR) is 74.0 cm³/mol. The summed E-state index contributed by atoms with van der Waals surface area (Å²) in [6.07, 6.45) is 2.52. The molecule has 0 aromatic heterocycles. The summed E-state index contributed by atoms with van der Waals surface area (Å²) < 4.78 is 0. The lowest BCUT2D eigenvalue weighted by Crippen LogP contribution is -2.36. The number of hydrogen-bond acceptors (Lipinski definition) is 2. The number of anilines is 1. The summed E-state index contributed by atoms with van der Waals surface area (Å²) in [5.41, 5.74) is 9.26. The SMILES string of the molecule is CC(C)CCC(=O)N1CCc2c(N)cccc2C1. The van der Waals surface area contributed by atoms with Crippen LogP contribution >= 0.6 is 0 Å². The highest BCUT2D eigenvalue weighted by Gasteiger charge is 2.21. The molecule has 3 nitrogen and oxygen atoms in total. The molecule has 1 aromatic rings. The van der Waals surface area contributed by atoms with Crippen LogP contribution in [0.4, 0.5) is 5.69 Å². The quantitative estimate of drug-likeness (QED) is 0.833. The third-order valence-electron chi connectivity index (χ3n) is 3.59. The lowest BCUT2D eigenvalue weighted by atomic mass is 9.97. The molecule has 0 saturated carbocycles. The predicted octanol–water partition coefficient (Wildman–Crippen LogP) is 2.59. The van der Waals surface area contributed by atoms with Gasteiger partial charge in [-0.15, -0.1) is 0 Å². The van der Waals surface area contributed by atoms with Crippen LogP contribution in [-0.2, 0) is 17.8 Å². The minimum atomic E-state index is 0.275. The summed E-state index contributed by atoms with van der Waals surface area (Å²) in [4.78, 5) is 14.1. The molecule has 0 atom stereocenters. The second-order valence-corrected chi connectivity index (χ2v) is 5.48. The monoisotopic (exact) mass is 246 g/mol. The first-order valence-electron chi connectivity index (χ1n) is 6.72. The molecule has 98 valence electrons. The zero-order valence-corrected chi connectivity index (χ0v) is 11.3. The molecule has 1 aliphatic rings. The molecule has 18 heavy (non-hydrogen) atoms. The second kappa shape index (κ2) is 5.42. The van der Waals surface area contributed by atoms with Gasteiger partial charge in [-0.05, 0) is 36.0 Å². The summed E-state index contributed by atoms with van der Waals surface area (Å²) in [5.74, 6) is 0.860. The maximum atomic E-state index is 12.1. The van der Waals surface area contributed by atoms with E-state index >= 15 is 0 Å². The van der Waals surface area contributed by atoms with E-state index < -0.39 is 0 Å². The number of fused-ring (bicyclic) bond motifs is 1. The van der Waals surface area contributed by atoms with E-state index in [0.29, 0.717) is 12.3 Å². The fourth-order valence-electron chi connectivity index (χ4n) is 2.42. The van der Waals surface area contributed by atoms with Crippen LogP contribution in [0, 0.1) is 5.92 Å². The Hall–Kier alpha value is -1.51. The van der Waals surface area contributed by atoms with Gasteiger partial charge in [0.05, 0.1) is 0 Å². The minimum Gasteiger partial charge on any atom is -0.398 e. The van der Waals surface area contributed by atoms with Gasteiger partial charge in [-0.3, -0.25) is 4.79 Å². The second-order valence-electron chi connectivity index (χ2n) is 5.48. The Labute approximate surface area is 109 Å². The Morgan fingerprint density at radius 1 is 1.44 bits per heavy atom. The van der Waals surface area contributed by atoms with E-state index in [1.807, 2.05) is 17.0 Å². The van der Waals surface area contributed by atoms with Crippen molar-refractivity contribution in [1.82, 2.24) is 4.90 Å². The maximum absolute atomic E-state index is 12.1. The first-order chi connectivity index (χ1) is 8.58. The number of nitrogens with two attached hydrogens (primary N) is 1. The highest BCUT2D eigenvalue weighted by atomic mass is 16.2. The molecule has 2 N–H and O–H groups in total. The molecule has 0 fully saturated rings. The highest BCUT2D eigenvalue weighted by molar-refractivity contribution is 5.76. The van der Waals surface area contributed by atoms with Crippen LogP contribution in [0.1, 0.15) is 37.8 Å². The van der Waals surface area contributed by atoms with Gasteiger partial charge in [0, 0.05) is 25.2 Å². The van der Waals surface area contributed by atoms with Crippen molar-refractivity contribution in [2.75, 3.05) is 12.3 Å². The number of hydrogen-bond donors (Lipinski definition) is 1. The third kappa shape index (κ3) is 2.84. The van der Waals surface area contributed by atoms with Gasteiger partial charge >= 0.3 is 0 Å². The number of benzene rings is 1. The van der Waals surface area contributed by atoms with E-state index in [1.54, 1.807) is 0 Å². The van der Waals surface area contributed by atoms with Crippen molar-refractivity contribution in [2.24, 2.45) is 5.92 Å². The standard InChI is InChI=1S/C15H22N2O/c1-11(2)6-7-15(18)17-9-8-13-12(10-17)4-3-5-14(13)16/h3-5,11H,6-10,16H2,1-2H3. The summed E-state index contributed by atoms with van der Waals surface area (Å²) in [5, 5.41) is 0. The summed E-state index contributed by atoms with van der Waals surface area (Å²) in [6, 6.07) is 5.99. The van der Waals surface area contributed by atoms with Gasteiger partial charge < -0.3 is 10.6 Å². The van der Waals surface area contributed by atoms with Crippen LogP contribution in [0.15, 0.2) is 18.2 Å². The average Bonchev–Trinajstić information content (AvgIpc) is 2.35. The molecule has 3 heteroatoms. The van der Waals surface area contributed by atoms with Gasteiger partial charge in [0.2, 0.25) is 5.91 Å². The molecular formula is C15H22N2O. The molecule has 0 aliphatic carbocycles. The van der Waals surface area contributed by atoms with Gasteiger partial charge in [0.15, 0.2) is 0 Å². The van der Waals surface area contributed by atoms with Crippen molar-refractivity contribution in [1.29, 1.82) is 0 Å². The van der Waals surface area contributed by atoms with E-state index in [4.69, 9.17) is 5.73 Å². The Balaban J connectivity index is 2.01. The van der Waals surface area contributed by atoms with Crippen molar-refractivity contribution in [3.05, 3.63) is 29.3 Å². The van der Waals surface area contributed by atoms with E-state index in [-0.39, 0.29) is 5.91 Å². The minimum absolute atomic E-state index is 0.275.